The first-order chi connectivity index (χ1) is 10.2. The van der Waals surface area contributed by atoms with Crippen molar-refractivity contribution in [3.05, 3.63) is 35.5 Å². The van der Waals surface area contributed by atoms with E-state index in [2.05, 4.69) is 45.9 Å². The van der Waals surface area contributed by atoms with Gasteiger partial charge in [0.25, 0.3) is 0 Å². The van der Waals surface area contributed by atoms with Crippen LogP contribution in [-0.4, -0.2) is 16.3 Å². The van der Waals surface area contributed by atoms with E-state index in [0.717, 1.165) is 43.1 Å². The minimum absolute atomic E-state index is 0.820. The number of hydrogen-bond acceptors (Lipinski definition) is 3. The van der Waals surface area contributed by atoms with Crippen molar-refractivity contribution in [1.29, 1.82) is 0 Å². The lowest BCUT2D eigenvalue weighted by Crippen LogP contribution is -2.22. The fraction of sp³-hybridized carbons (Fsp3) is 0.471. The predicted molar refractivity (Wildman–Crippen MR) is 88.1 cm³/mol. The lowest BCUT2D eigenvalue weighted by atomic mass is 10.1. The molecular weight excluding hydrogens is 260 g/mol. The van der Waals surface area contributed by atoms with Gasteiger partial charge in [-0.1, -0.05) is 25.1 Å². The Balaban J connectivity index is 2.11. The second kappa shape index (κ2) is 5.80. The third kappa shape index (κ3) is 2.50. The second-order valence-corrected chi connectivity index (χ2v) is 5.78. The molecule has 0 unspecified atom stereocenters. The molecule has 0 atom stereocenters. The van der Waals surface area contributed by atoms with Crippen molar-refractivity contribution < 1.29 is 0 Å². The van der Waals surface area contributed by atoms with Gasteiger partial charge >= 0.3 is 0 Å². The summed E-state index contributed by atoms with van der Waals surface area (Å²) in [7, 11) is 0. The van der Waals surface area contributed by atoms with Gasteiger partial charge in [0.15, 0.2) is 5.82 Å². The molecule has 3 rings (SSSR count). The number of aromatic nitrogens is 2. The van der Waals surface area contributed by atoms with Crippen LogP contribution < -0.4 is 10.6 Å². The minimum Gasteiger partial charge on any atom is -0.394 e. The van der Waals surface area contributed by atoms with Gasteiger partial charge in [0.2, 0.25) is 0 Å². The Morgan fingerprint density at radius 2 is 2.05 bits per heavy atom. The Morgan fingerprint density at radius 3 is 2.86 bits per heavy atom. The highest BCUT2D eigenvalue weighted by molar-refractivity contribution is 5.75. The molecule has 2 N–H and O–H groups in total. The summed E-state index contributed by atoms with van der Waals surface area (Å²) in [5.74, 6) is 1.07. The standard InChI is InChI=1S/C17H24N4/c1-3-11-21-17(16(18)13(2)19-21)20-12-7-6-9-14-8-4-5-10-15(14)20/h4-5,8,10H,3,6-7,9,11-12,18H2,1-2H3. The first-order valence-electron chi connectivity index (χ1n) is 7.90. The van der Waals surface area contributed by atoms with Crippen molar-refractivity contribution in [2.45, 2.75) is 46.1 Å². The number of nitrogens with two attached hydrogens (primary N) is 1. The highest BCUT2D eigenvalue weighted by atomic mass is 15.4. The summed E-state index contributed by atoms with van der Waals surface area (Å²) < 4.78 is 2.08. The normalized spacial score (nSPS) is 14.9. The van der Waals surface area contributed by atoms with E-state index in [4.69, 9.17) is 5.73 Å². The maximum Gasteiger partial charge on any atom is 0.155 e. The van der Waals surface area contributed by atoms with Crippen LogP contribution in [0.25, 0.3) is 0 Å². The van der Waals surface area contributed by atoms with Crippen molar-refractivity contribution in [1.82, 2.24) is 9.78 Å². The SMILES string of the molecule is CCCn1nc(C)c(N)c1N1CCCCc2ccccc21. The summed E-state index contributed by atoms with van der Waals surface area (Å²) >= 11 is 0. The summed E-state index contributed by atoms with van der Waals surface area (Å²) in [6.07, 6.45) is 4.62. The van der Waals surface area contributed by atoms with E-state index in [9.17, 15) is 0 Å². The van der Waals surface area contributed by atoms with Gasteiger partial charge < -0.3 is 10.6 Å². The molecule has 112 valence electrons. The van der Waals surface area contributed by atoms with Crippen LogP contribution >= 0.6 is 0 Å². The molecule has 0 fully saturated rings. The molecule has 2 aromatic rings. The van der Waals surface area contributed by atoms with Crippen LogP contribution in [0, 0.1) is 6.92 Å². The molecule has 1 aromatic heterocycles. The van der Waals surface area contributed by atoms with Crippen LogP contribution in [0.1, 0.15) is 37.4 Å². The maximum absolute atomic E-state index is 6.35. The van der Waals surface area contributed by atoms with Gasteiger partial charge in [-0.25, -0.2) is 4.68 Å². The van der Waals surface area contributed by atoms with Gasteiger partial charge in [-0.15, -0.1) is 0 Å². The monoisotopic (exact) mass is 284 g/mol. The number of nitrogens with zero attached hydrogens (tertiary/aromatic N) is 3. The van der Waals surface area contributed by atoms with Crippen molar-refractivity contribution in [3.63, 3.8) is 0 Å². The first-order valence-corrected chi connectivity index (χ1v) is 7.90. The molecule has 4 nitrogen and oxygen atoms in total. The lowest BCUT2D eigenvalue weighted by Gasteiger charge is -2.26. The fourth-order valence-electron chi connectivity index (χ4n) is 3.15. The number of rotatable bonds is 3. The van der Waals surface area contributed by atoms with Gasteiger partial charge in [0.05, 0.1) is 11.4 Å². The van der Waals surface area contributed by atoms with Crippen LogP contribution in [0.2, 0.25) is 0 Å². The molecule has 0 aliphatic carbocycles. The Labute approximate surface area is 126 Å². The van der Waals surface area contributed by atoms with Gasteiger partial charge in [-0.3, -0.25) is 0 Å². The smallest absolute Gasteiger partial charge is 0.155 e. The van der Waals surface area contributed by atoms with E-state index in [1.165, 1.54) is 24.1 Å². The molecule has 1 aliphatic rings. The number of para-hydroxylation sites is 1. The number of fused-ring (bicyclic) bond motifs is 1. The highest BCUT2D eigenvalue weighted by Gasteiger charge is 2.23. The van der Waals surface area contributed by atoms with Crippen molar-refractivity contribution in [2.24, 2.45) is 0 Å². The molecular formula is C17H24N4. The minimum atomic E-state index is 0.820. The Hall–Kier alpha value is -1.97. The summed E-state index contributed by atoms with van der Waals surface area (Å²) in [6.45, 7) is 6.09. The summed E-state index contributed by atoms with van der Waals surface area (Å²) in [5, 5.41) is 4.63. The van der Waals surface area contributed by atoms with Gasteiger partial charge in [-0.2, -0.15) is 5.10 Å². The topological polar surface area (TPSA) is 47.1 Å². The molecule has 0 radical (unpaired) electrons. The number of hydrogen-bond donors (Lipinski definition) is 1. The lowest BCUT2D eigenvalue weighted by molar-refractivity contribution is 0.593. The van der Waals surface area contributed by atoms with E-state index in [0.29, 0.717) is 0 Å². The zero-order valence-electron chi connectivity index (χ0n) is 13.0. The van der Waals surface area contributed by atoms with Crippen LogP contribution in [0.4, 0.5) is 17.2 Å². The van der Waals surface area contributed by atoms with E-state index >= 15 is 0 Å². The van der Waals surface area contributed by atoms with Crippen molar-refractivity contribution in [3.8, 4) is 0 Å². The first kappa shape index (κ1) is 14.0. The van der Waals surface area contributed by atoms with E-state index in [1.54, 1.807) is 0 Å². The number of aryl methyl sites for hydroxylation is 3. The predicted octanol–water partition coefficient (Wildman–Crippen LogP) is 3.66. The molecule has 0 spiro atoms. The van der Waals surface area contributed by atoms with E-state index < -0.39 is 0 Å². The molecule has 21 heavy (non-hydrogen) atoms. The quantitative estimate of drug-likeness (QED) is 0.935. The highest BCUT2D eigenvalue weighted by Crippen LogP contribution is 2.36. The average Bonchev–Trinajstić information content (AvgIpc) is 2.67. The van der Waals surface area contributed by atoms with E-state index in [1.807, 2.05) is 6.92 Å². The fourth-order valence-corrected chi connectivity index (χ4v) is 3.15. The van der Waals surface area contributed by atoms with Crippen molar-refractivity contribution >= 4 is 17.2 Å². The zero-order chi connectivity index (χ0) is 14.8. The number of benzene rings is 1. The van der Waals surface area contributed by atoms with E-state index in [-0.39, 0.29) is 0 Å². The maximum atomic E-state index is 6.35. The molecule has 0 saturated carbocycles. The molecule has 4 heteroatoms. The molecule has 2 heterocycles. The van der Waals surface area contributed by atoms with Gasteiger partial charge in [-0.05, 0) is 44.2 Å². The molecule has 0 amide bonds. The zero-order valence-corrected chi connectivity index (χ0v) is 13.0. The molecule has 0 bridgehead atoms. The average molecular weight is 284 g/mol. The molecule has 1 aliphatic heterocycles. The summed E-state index contributed by atoms with van der Waals surface area (Å²) in [4.78, 5) is 2.37. The third-order valence-electron chi connectivity index (χ3n) is 4.20. The second-order valence-electron chi connectivity index (χ2n) is 5.78. The van der Waals surface area contributed by atoms with Crippen LogP contribution in [0.15, 0.2) is 24.3 Å². The molecule has 1 aromatic carbocycles. The van der Waals surface area contributed by atoms with Crippen LogP contribution in [-0.2, 0) is 13.0 Å². The van der Waals surface area contributed by atoms with Crippen LogP contribution in [0.5, 0.6) is 0 Å². The largest absolute Gasteiger partial charge is 0.394 e. The Kier molecular flexibility index (Phi) is 3.86. The number of nitrogen functional groups attached to an aromatic ring is 1. The van der Waals surface area contributed by atoms with Gasteiger partial charge in [0.1, 0.15) is 0 Å². The van der Waals surface area contributed by atoms with Gasteiger partial charge in [0, 0.05) is 18.8 Å². The Morgan fingerprint density at radius 1 is 1.24 bits per heavy atom. The summed E-state index contributed by atoms with van der Waals surface area (Å²) in [6, 6.07) is 8.68. The Bertz CT molecular complexity index is 630. The van der Waals surface area contributed by atoms with Crippen LogP contribution in [0.3, 0.4) is 0 Å². The molecule has 0 saturated heterocycles. The third-order valence-corrected chi connectivity index (χ3v) is 4.20. The summed E-state index contributed by atoms with van der Waals surface area (Å²) in [5.41, 5.74) is 10.8. The van der Waals surface area contributed by atoms with Crippen molar-refractivity contribution in [2.75, 3.05) is 17.2 Å². The number of anilines is 3.